The molecule has 0 aromatic heterocycles. The molecule has 0 saturated carbocycles. The molecule has 110 valence electrons. The van der Waals surface area contributed by atoms with Gasteiger partial charge in [-0.25, -0.2) is 0 Å². The molecule has 0 radical (unpaired) electrons. The smallest absolute Gasteiger partial charge is 0.124 e. The van der Waals surface area contributed by atoms with Gasteiger partial charge in [-0.2, -0.15) is 0 Å². The minimum atomic E-state index is 0.373. The van der Waals surface area contributed by atoms with Crippen LogP contribution in [0.4, 0.5) is 0 Å². The number of hydrogen-bond donors (Lipinski definition) is 1. The van der Waals surface area contributed by atoms with Gasteiger partial charge in [-0.15, -0.1) is 6.58 Å². The van der Waals surface area contributed by atoms with Crippen molar-refractivity contribution in [2.24, 2.45) is 0 Å². The lowest BCUT2D eigenvalue weighted by atomic mass is 9.97. The lowest BCUT2D eigenvalue weighted by molar-refractivity contribution is 0.168. The highest BCUT2D eigenvalue weighted by Crippen LogP contribution is 2.33. The minimum Gasteiger partial charge on any atom is -0.494 e. The molecule has 1 N–H and O–H groups in total. The molecule has 1 saturated heterocycles. The Balaban J connectivity index is 2.27. The summed E-state index contributed by atoms with van der Waals surface area (Å²) in [5, 5.41) is 3.42. The molecule has 0 bridgehead atoms. The Kier molecular flexibility index (Phi) is 5.62. The lowest BCUT2D eigenvalue weighted by Crippen LogP contribution is -2.45. The van der Waals surface area contributed by atoms with E-state index in [2.05, 4.69) is 41.9 Å². The fourth-order valence-electron chi connectivity index (χ4n) is 2.80. The fourth-order valence-corrected chi connectivity index (χ4v) is 2.80. The zero-order chi connectivity index (χ0) is 14.4. The van der Waals surface area contributed by atoms with E-state index >= 15 is 0 Å². The topological polar surface area (TPSA) is 24.5 Å². The second-order valence-electron chi connectivity index (χ2n) is 5.43. The Bertz CT molecular complexity index is 438. The predicted octanol–water partition coefficient (Wildman–Crippen LogP) is 3.00. The van der Waals surface area contributed by atoms with Gasteiger partial charge >= 0.3 is 0 Å². The van der Waals surface area contributed by atoms with E-state index in [1.165, 1.54) is 11.1 Å². The molecule has 0 amide bonds. The van der Waals surface area contributed by atoms with E-state index in [9.17, 15) is 0 Å². The van der Waals surface area contributed by atoms with Crippen molar-refractivity contribution in [3.05, 3.63) is 42.0 Å². The highest BCUT2D eigenvalue weighted by atomic mass is 16.5. The van der Waals surface area contributed by atoms with Gasteiger partial charge in [-0.3, -0.25) is 4.90 Å². The summed E-state index contributed by atoms with van der Waals surface area (Å²) >= 11 is 0. The standard InChI is InChI=1S/C17H26N2O/c1-4-20-17-8-6-5-7-15(17)16(13-14(2)3)19-11-9-18-10-12-19/h5-8,16,18H,2,4,9-13H2,1,3H3/t16-/m0/s1. The Hall–Kier alpha value is -1.32. The zero-order valence-electron chi connectivity index (χ0n) is 12.7. The monoisotopic (exact) mass is 274 g/mol. The maximum absolute atomic E-state index is 5.82. The summed E-state index contributed by atoms with van der Waals surface area (Å²) in [6, 6.07) is 8.79. The molecule has 0 unspecified atom stereocenters. The second kappa shape index (κ2) is 7.46. The number of rotatable bonds is 6. The van der Waals surface area contributed by atoms with Gasteiger partial charge in [0.1, 0.15) is 5.75 Å². The van der Waals surface area contributed by atoms with Gasteiger partial charge < -0.3 is 10.1 Å². The summed E-state index contributed by atoms with van der Waals surface area (Å²) in [4.78, 5) is 2.54. The van der Waals surface area contributed by atoms with Crippen LogP contribution in [0.2, 0.25) is 0 Å². The third-order valence-corrected chi connectivity index (χ3v) is 3.71. The summed E-state index contributed by atoms with van der Waals surface area (Å²) in [6.07, 6.45) is 0.990. The number of nitrogens with one attached hydrogen (secondary N) is 1. The summed E-state index contributed by atoms with van der Waals surface area (Å²) in [6.45, 7) is 13.2. The van der Waals surface area contributed by atoms with Crippen LogP contribution in [0.15, 0.2) is 36.4 Å². The summed E-state index contributed by atoms with van der Waals surface area (Å²) < 4.78 is 5.82. The van der Waals surface area contributed by atoms with Gasteiger partial charge in [-0.1, -0.05) is 23.8 Å². The molecule has 1 fully saturated rings. The molecule has 1 aromatic rings. The van der Waals surface area contributed by atoms with Crippen molar-refractivity contribution in [2.75, 3.05) is 32.8 Å². The number of piperazine rings is 1. The third-order valence-electron chi connectivity index (χ3n) is 3.71. The average Bonchev–Trinajstić information content (AvgIpc) is 2.47. The van der Waals surface area contributed by atoms with Crippen molar-refractivity contribution in [1.82, 2.24) is 10.2 Å². The van der Waals surface area contributed by atoms with Gasteiger partial charge in [0.15, 0.2) is 0 Å². The number of nitrogens with zero attached hydrogens (tertiary/aromatic N) is 1. The van der Waals surface area contributed by atoms with Crippen LogP contribution >= 0.6 is 0 Å². The van der Waals surface area contributed by atoms with E-state index in [1.54, 1.807) is 0 Å². The van der Waals surface area contributed by atoms with Gasteiger partial charge in [0, 0.05) is 37.8 Å². The number of para-hydroxylation sites is 1. The first-order valence-corrected chi connectivity index (χ1v) is 7.53. The van der Waals surface area contributed by atoms with Gasteiger partial charge in [0.25, 0.3) is 0 Å². The van der Waals surface area contributed by atoms with Crippen LogP contribution in [0, 0.1) is 0 Å². The Morgan fingerprint density at radius 3 is 2.70 bits per heavy atom. The first-order valence-electron chi connectivity index (χ1n) is 7.53. The van der Waals surface area contributed by atoms with E-state index < -0.39 is 0 Å². The maximum atomic E-state index is 5.82. The minimum absolute atomic E-state index is 0.373. The molecule has 3 nitrogen and oxygen atoms in total. The molecule has 1 aliphatic heterocycles. The zero-order valence-corrected chi connectivity index (χ0v) is 12.7. The van der Waals surface area contributed by atoms with Crippen molar-refractivity contribution in [3.8, 4) is 5.75 Å². The van der Waals surface area contributed by atoms with Crippen LogP contribution in [0.3, 0.4) is 0 Å². The van der Waals surface area contributed by atoms with E-state index in [-0.39, 0.29) is 0 Å². The number of hydrogen-bond acceptors (Lipinski definition) is 3. The average molecular weight is 274 g/mol. The van der Waals surface area contributed by atoms with Crippen molar-refractivity contribution < 1.29 is 4.74 Å². The Morgan fingerprint density at radius 2 is 2.05 bits per heavy atom. The predicted molar refractivity (Wildman–Crippen MR) is 84.2 cm³/mol. The highest BCUT2D eigenvalue weighted by molar-refractivity contribution is 5.36. The molecular weight excluding hydrogens is 248 g/mol. The third kappa shape index (κ3) is 3.84. The quantitative estimate of drug-likeness (QED) is 0.807. The van der Waals surface area contributed by atoms with E-state index in [0.29, 0.717) is 12.6 Å². The largest absolute Gasteiger partial charge is 0.494 e. The van der Waals surface area contributed by atoms with Crippen LogP contribution in [-0.4, -0.2) is 37.7 Å². The van der Waals surface area contributed by atoms with Gasteiger partial charge in [-0.05, 0) is 26.3 Å². The normalized spacial score (nSPS) is 17.7. The van der Waals surface area contributed by atoms with Crippen molar-refractivity contribution >= 4 is 0 Å². The second-order valence-corrected chi connectivity index (χ2v) is 5.43. The molecule has 20 heavy (non-hydrogen) atoms. The van der Waals surface area contributed by atoms with Crippen LogP contribution < -0.4 is 10.1 Å². The molecule has 3 heteroatoms. The molecule has 2 rings (SSSR count). The van der Waals surface area contributed by atoms with Crippen LogP contribution in [0.25, 0.3) is 0 Å². The van der Waals surface area contributed by atoms with E-state index in [1.807, 2.05) is 13.0 Å². The highest BCUT2D eigenvalue weighted by Gasteiger charge is 2.24. The van der Waals surface area contributed by atoms with Gasteiger partial charge in [0.2, 0.25) is 0 Å². The van der Waals surface area contributed by atoms with Gasteiger partial charge in [0.05, 0.1) is 6.61 Å². The fraction of sp³-hybridized carbons (Fsp3) is 0.529. The summed E-state index contributed by atoms with van der Waals surface area (Å²) in [5.41, 5.74) is 2.51. The number of ether oxygens (including phenoxy) is 1. The SMILES string of the molecule is C=C(C)C[C@@H](c1ccccc1OCC)N1CCNCC1. The van der Waals surface area contributed by atoms with Crippen LogP contribution in [0.5, 0.6) is 5.75 Å². The Labute approximate surface area is 122 Å². The first kappa shape index (κ1) is 15.1. The maximum Gasteiger partial charge on any atom is 0.124 e. The molecular formula is C17H26N2O. The Morgan fingerprint density at radius 1 is 1.35 bits per heavy atom. The van der Waals surface area contributed by atoms with E-state index in [4.69, 9.17) is 4.74 Å². The molecule has 0 spiro atoms. The summed E-state index contributed by atoms with van der Waals surface area (Å²) in [5.74, 6) is 1.01. The van der Waals surface area contributed by atoms with Crippen LogP contribution in [-0.2, 0) is 0 Å². The molecule has 1 heterocycles. The first-order chi connectivity index (χ1) is 9.72. The van der Waals surface area contributed by atoms with Crippen LogP contribution in [0.1, 0.15) is 31.9 Å². The van der Waals surface area contributed by atoms with E-state index in [0.717, 1.165) is 38.3 Å². The van der Waals surface area contributed by atoms with Crippen molar-refractivity contribution in [3.63, 3.8) is 0 Å². The van der Waals surface area contributed by atoms with Crippen molar-refractivity contribution in [2.45, 2.75) is 26.3 Å². The number of benzene rings is 1. The molecule has 0 aliphatic carbocycles. The summed E-state index contributed by atoms with van der Waals surface area (Å²) in [7, 11) is 0. The molecule has 1 aromatic carbocycles. The molecule has 1 atom stereocenters. The van der Waals surface area contributed by atoms with Crippen molar-refractivity contribution in [1.29, 1.82) is 0 Å². The molecule has 1 aliphatic rings. The lowest BCUT2D eigenvalue weighted by Gasteiger charge is -2.36.